The number of hydrogen-bond donors (Lipinski definition) is 3. The van der Waals surface area contributed by atoms with Crippen molar-refractivity contribution in [3.63, 3.8) is 0 Å². The van der Waals surface area contributed by atoms with Gasteiger partial charge in [-0.2, -0.15) is 0 Å². The Morgan fingerprint density at radius 2 is 1.73 bits per heavy atom. The van der Waals surface area contributed by atoms with Crippen molar-refractivity contribution in [1.82, 2.24) is 15.5 Å². The summed E-state index contributed by atoms with van der Waals surface area (Å²) in [5.74, 6) is -2.76. The Morgan fingerprint density at radius 3 is 2.27 bits per heavy atom. The van der Waals surface area contributed by atoms with Gasteiger partial charge in [0.15, 0.2) is 0 Å². The molecule has 11 nitrogen and oxygen atoms in total. The molecule has 206 valence electrons. The Hall–Kier alpha value is -3.63. The van der Waals surface area contributed by atoms with E-state index in [-0.39, 0.29) is 6.54 Å². The third kappa shape index (κ3) is 10.9. The molecule has 0 aromatic heterocycles. The summed E-state index contributed by atoms with van der Waals surface area (Å²) in [6.07, 6.45) is 0.792. The van der Waals surface area contributed by atoms with Crippen LogP contribution in [0.3, 0.4) is 0 Å². The molecular weight excluding hydrogens is 480 g/mol. The number of nitrogens with zero attached hydrogens (tertiary/aromatic N) is 1. The minimum absolute atomic E-state index is 0.155. The van der Waals surface area contributed by atoms with Crippen LogP contribution in [0.5, 0.6) is 0 Å². The zero-order chi connectivity index (χ0) is 28.2. The Kier molecular flexibility index (Phi) is 12.6. The number of methoxy groups -OCH3 is 1. The number of carbonyl (C=O) groups is 5. The molecule has 0 saturated heterocycles. The molecular formula is C26H40N4O7. The number of carbonyl (C=O) groups excluding carboxylic acids is 5. The molecule has 0 saturated carbocycles. The monoisotopic (exact) mass is 520 g/mol. The lowest BCUT2D eigenvalue weighted by atomic mass is 9.97. The maximum absolute atomic E-state index is 13.9. The molecule has 0 bridgehead atoms. The number of benzene rings is 1. The van der Waals surface area contributed by atoms with Crippen LogP contribution in [-0.4, -0.2) is 66.5 Å². The van der Waals surface area contributed by atoms with Gasteiger partial charge in [0.2, 0.25) is 17.7 Å². The van der Waals surface area contributed by atoms with E-state index in [2.05, 4.69) is 15.4 Å². The van der Waals surface area contributed by atoms with Gasteiger partial charge in [0, 0.05) is 6.54 Å². The molecule has 0 heterocycles. The average Bonchev–Trinajstić information content (AvgIpc) is 2.80. The number of hydrogen-bond acceptors (Lipinski definition) is 7. The summed E-state index contributed by atoms with van der Waals surface area (Å²) < 4.78 is 9.88. The predicted octanol–water partition coefficient (Wildman–Crippen LogP) is 2.11. The van der Waals surface area contributed by atoms with Gasteiger partial charge in [0.1, 0.15) is 24.2 Å². The number of alkyl carbamates (subject to hydrolysis) is 1. The Bertz CT molecular complexity index is 958. The van der Waals surface area contributed by atoms with E-state index in [1.165, 1.54) is 12.0 Å². The average molecular weight is 521 g/mol. The highest BCUT2D eigenvalue weighted by Crippen LogP contribution is 2.26. The van der Waals surface area contributed by atoms with Crippen LogP contribution in [0.1, 0.15) is 70.5 Å². The van der Waals surface area contributed by atoms with Gasteiger partial charge in [0.05, 0.1) is 13.5 Å². The van der Waals surface area contributed by atoms with Gasteiger partial charge < -0.3 is 30.7 Å². The van der Waals surface area contributed by atoms with Gasteiger partial charge in [0.25, 0.3) is 0 Å². The first-order valence-electron chi connectivity index (χ1n) is 12.3. The SMILES string of the molecule is CCCCCN(C(=O)C(CC(N)=O)NC(=O)OC(C)(C)C)C(C(=O)NCC(=O)OC)c1ccccc1C. The lowest BCUT2D eigenvalue weighted by Crippen LogP contribution is -2.54. The molecule has 11 heteroatoms. The van der Waals surface area contributed by atoms with Crippen molar-refractivity contribution in [3.8, 4) is 0 Å². The number of rotatable bonds is 13. The first-order valence-corrected chi connectivity index (χ1v) is 12.3. The molecule has 37 heavy (non-hydrogen) atoms. The first kappa shape index (κ1) is 31.4. The summed E-state index contributed by atoms with van der Waals surface area (Å²) in [5.41, 5.74) is 5.82. The quantitative estimate of drug-likeness (QED) is 0.265. The van der Waals surface area contributed by atoms with Crippen molar-refractivity contribution >= 4 is 29.8 Å². The highest BCUT2D eigenvalue weighted by molar-refractivity contribution is 5.95. The number of nitrogens with one attached hydrogen (secondary N) is 2. The number of primary amides is 1. The Labute approximate surface area is 218 Å². The number of unbranched alkanes of at least 4 members (excludes halogenated alkanes) is 2. The van der Waals surface area contributed by atoms with Crippen LogP contribution in [-0.2, 0) is 28.7 Å². The maximum atomic E-state index is 13.9. The van der Waals surface area contributed by atoms with E-state index in [1.807, 2.05) is 6.92 Å². The van der Waals surface area contributed by atoms with Crippen molar-refractivity contribution in [2.75, 3.05) is 20.2 Å². The normalized spacial score (nSPS) is 12.6. The summed E-state index contributed by atoms with van der Waals surface area (Å²) in [6, 6.07) is 4.52. The van der Waals surface area contributed by atoms with Crippen LogP contribution < -0.4 is 16.4 Å². The van der Waals surface area contributed by atoms with Crippen molar-refractivity contribution in [2.45, 2.75) is 78.0 Å². The number of esters is 1. The zero-order valence-electron chi connectivity index (χ0n) is 22.6. The summed E-state index contributed by atoms with van der Waals surface area (Å²) in [5, 5.41) is 4.96. The molecule has 0 fully saturated rings. The number of amides is 4. The highest BCUT2D eigenvalue weighted by Gasteiger charge is 2.37. The standard InChI is InChI=1S/C26H40N4O7/c1-7-8-11-14-30(24(34)19(15-20(27)31)29-25(35)37-26(3,4)5)22(18-13-10-9-12-17(18)2)23(33)28-16-21(32)36-6/h9-10,12-13,19,22H,7-8,11,14-16H2,1-6H3,(H2,27,31)(H,28,33)(H,29,35). The first-order chi connectivity index (χ1) is 17.3. The fourth-order valence-corrected chi connectivity index (χ4v) is 3.62. The van der Waals surface area contributed by atoms with E-state index in [0.29, 0.717) is 12.0 Å². The van der Waals surface area contributed by atoms with E-state index < -0.39 is 60.4 Å². The fraction of sp³-hybridized carbons (Fsp3) is 0.577. The largest absolute Gasteiger partial charge is 0.468 e. The second-order valence-electron chi connectivity index (χ2n) is 9.66. The van der Waals surface area contributed by atoms with Gasteiger partial charge in [-0.25, -0.2) is 4.79 Å². The second kappa shape index (κ2) is 14.8. The van der Waals surface area contributed by atoms with E-state index in [9.17, 15) is 24.0 Å². The van der Waals surface area contributed by atoms with Crippen molar-refractivity contribution < 1.29 is 33.4 Å². The molecule has 1 aromatic carbocycles. The summed E-state index contributed by atoms with van der Waals surface area (Å²) in [4.78, 5) is 64.6. The van der Waals surface area contributed by atoms with Crippen LogP contribution >= 0.6 is 0 Å². The molecule has 0 spiro atoms. The number of nitrogens with two attached hydrogens (primary N) is 1. The van der Waals surface area contributed by atoms with E-state index in [4.69, 9.17) is 10.5 Å². The van der Waals surface area contributed by atoms with Crippen LogP contribution in [0.15, 0.2) is 24.3 Å². The lowest BCUT2D eigenvalue weighted by molar-refractivity contribution is -0.145. The van der Waals surface area contributed by atoms with Crippen LogP contribution in [0.2, 0.25) is 0 Å². The van der Waals surface area contributed by atoms with Crippen LogP contribution in [0, 0.1) is 6.92 Å². The second-order valence-corrected chi connectivity index (χ2v) is 9.66. The van der Waals surface area contributed by atoms with Gasteiger partial charge >= 0.3 is 12.1 Å². The predicted molar refractivity (Wildman–Crippen MR) is 137 cm³/mol. The molecule has 0 radical (unpaired) electrons. The minimum Gasteiger partial charge on any atom is -0.468 e. The molecule has 0 aliphatic heterocycles. The summed E-state index contributed by atoms with van der Waals surface area (Å²) >= 11 is 0. The van der Waals surface area contributed by atoms with E-state index in [1.54, 1.807) is 52.0 Å². The van der Waals surface area contributed by atoms with E-state index >= 15 is 0 Å². The van der Waals surface area contributed by atoms with Gasteiger partial charge in [-0.1, -0.05) is 44.0 Å². The van der Waals surface area contributed by atoms with Crippen LogP contribution in [0.4, 0.5) is 4.79 Å². The van der Waals surface area contributed by atoms with Crippen molar-refractivity contribution in [2.24, 2.45) is 5.73 Å². The van der Waals surface area contributed by atoms with E-state index in [0.717, 1.165) is 18.4 Å². The molecule has 4 amide bonds. The van der Waals surface area contributed by atoms with Crippen molar-refractivity contribution in [3.05, 3.63) is 35.4 Å². The molecule has 0 aliphatic rings. The zero-order valence-corrected chi connectivity index (χ0v) is 22.6. The smallest absolute Gasteiger partial charge is 0.408 e. The maximum Gasteiger partial charge on any atom is 0.408 e. The fourth-order valence-electron chi connectivity index (χ4n) is 3.62. The molecule has 0 aliphatic carbocycles. The number of aryl methyl sites for hydroxylation is 1. The van der Waals surface area contributed by atoms with Gasteiger partial charge in [-0.3, -0.25) is 19.2 Å². The third-order valence-electron chi connectivity index (χ3n) is 5.36. The van der Waals surface area contributed by atoms with Gasteiger partial charge in [-0.05, 0) is 45.2 Å². The molecule has 2 unspecified atom stereocenters. The molecule has 1 aromatic rings. The van der Waals surface area contributed by atoms with Gasteiger partial charge in [-0.15, -0.1) is 0 Å². The minimum atomic E-state index is -1.37. The molecule has 2 atom stereocenters. The summed E-state index contributed by atoms with van der Waals surface area (Å²) in [6.45, 7) is 8.54. The van der Waals surface area contributed by atoms with Crippen molar-refractivity contribution in [1.29, 1.82) is 0 Å². The lowest BCUT2D eigenvalue weighted by Gasteiger charge is -2.35. The molecule has 1 rings (SSSR count). The Balaban J connectivity index is 3.50. The third-order valence-corrected chi connectivity index (χ3v) is 5.36. The highest BCUT2D eigenvalue weighted by atomic mass is 16.6. The van der Waals surface area contributed by atoms with Crippen LogP contribution in [0.25, 0.3) is 0 Å². The topological polar surface area (TPSA) is 157 Å². The Morgan fingerprint density at radius 1 is 1.08 bits per heavy atom. The molecule has 4 N–H and O–H groups in total. The number of ether oxygens (including phenoxy) is 2. The summed E-state index contributed by atoms with van der Waals surface area (Å²) in [7, 11) is 1.20.